The number of ether oxygens (including phenoxy) is 4. The fraction of sp³-hybridized carbons (Fsp3) is 0.381. The summed E-state index contributed by atoms with van der Waals surface area (Å²) < 4.78 is 21.4. The second-order valence-corrected chi connectivity index (χ2v) is 6.02. The Morgan fingerprint density at radius 2 is 1.56 bits per heavy atom. The monoisotopic (exact) mass is 373 g/mol. The molecule has 0 aliphatic carbocycles. The average molecular weight is 373 g/mol. The second kappa shape index (κ2) is 10.3. The number of carbonyl (C=O) groups is 1. The molecule has 0 heterocycles. The van der Waals surface area contributed by atoms with E-state index in [1.807, 2.05) is 49.4 Å². The van der Waals surface area contributed by atoms with Gasteiger partial charge in [0, 0.05) is 12.0 Å². The number of carbonyl (C=O) groups excluding carboxylic acids is 1. The summed E-state index contributed by atoms with van der Waals surface area (Å²) in [7, 11) is 4.84. The summed E-state index contributed by atoms with van der Waals surface area (Å²) in [6, 6.07) is 12.7. The Bertz CT molecular complexity index is 730. The summed E-state index contributed by atoms with van der Waals surface area (Å²) in [6.45, 7) is 2.39. The molecule has 1 atom stereocenters. The van der Waals surface area contributed by atoms with E-state index in [4.69, 9.17) is 18.9 Å². The Labute approximate surface area is 160 Å². The van der Waals surface area contributed by atoms with Crippen LogP contribution < -0.4 is 24.3 Å². The van der Waals surface area contributed by atoms with Gasteiger partial charge in [-0.25, -0.2) is 0 Å². The third-order valence-electron chi connectivity index (χ3n) is 4.16. The summed E-state index contributed by atoms with van der Waals surface area (Å²) in [5.41, 5.74) is 0.875. The molecule has 1 amide bonds. The molecule has 27 heavy (non-hydrogen) atoms. The summed E-state index contributed by atoms with van der Waals surface area (Å²) in [6.07, 6.45) is 1.01. The summed E-state index contributed by atoms with van der Waals surface area (Å²) in [5, 5.41) is 2.99. The van der Waals surface area contributed by atoms with Crippen molar-refractivity contribution >= 4 is 5.91 Å². The van der Waals surface area contributed by atoms with Gasteiger partial charge in [0.1, 0.15) is 23.0 Å². The van der Waals surface area contributed by atoms with Gasteiger partial charge in [0.15, 0.2) is 0 Å². The first-order chi connectivity index (χ1) is 13.1. The van der Waals surface area contributed by atoms with Crippen LogP contribution in [0.15, 0.2) is 42.5 Å². The molecule has 0 aliphatic heterocycles. The quantitative estimate of drug-likeness (QED) is 0.643. The molecular weight excluding hydrogens is 346 g/mol. The highest BCUT2D eigenvalue weighted by atomic mass is 16.5. The van der Waals surface area contributed by atoms with Crippen molar-refractivity contribution < 1.29 is 23.7 Å². The lowest BCUT2D eigenvalue weighted by Gasteiger charge is -2.18. The van der Waals surface area contributed by atoms with Gasteiger partial charge in [-0.05, 0) is 55.8 Å². The van der Waals surface area contributed by atoms with E-state index in [-0.39, 0.29) is 11.9 Å². The number of benzene rings is 2. The number of hydrogen-bond acceptors (Lipinski definition) is 5. The zero-order valence-electron chi connectivity index (χ0n) is 16.3. The first-order valence-corrected chi connectivity index (χ1v) is 8.85. The van der Waals surface area contributed by atoms with E-state index in [9.17, 15) is 4.79 Å². The van der Waals surface area contributed by atoms with Crippen LogP contribution in [0.4, 0.5) is 0 Å². The molecule has 0 aromatic heterocycles. The maximum Gasteiger partial charge on any atom is 0.220 e. The van der Waals surface area contributed by atoms with E-state index in [0.29, 0.717) is 25.2 Å². The van der Waals surface area contributed by atoms with Gasteiger partial charge in [-0.3, -0.25) is 4.79 Å². The van der Waals surface area contributed by atoms with Crippen LogP contribution in [0.5, 0.6) is 23.0 Å². The minimum absolute atomic E-state index is 0.0364. The lowest BCUT2D eigenvalue weighted by molar-refractivity contribution is -0.121. The highest BCUT2D eigenvalue weighted by Gasteiger charge is 2.15. The standard InChI is InChI=1S/C21H27NO5/c1-15(19-14-18(25-3)11-12-20(19)26-4)22-21(23)6-5-13-27-17-9-7-16(24-2)8-10-17/h7-12,14-15H,5-6,13H2,1-4H3,(H,22,23). The molecule has 0 saturated heterocycles. The highest BCUT2D eigenvalue weighted by molar-refractivity contribution is 5.76. The van der Waals surface area contributed by atoms with Gasteiger partial charge in [-0.1, -0.05) is 0 Å². The third kappa shape index (κ3) is 6.09. The summed E-state index contributed by atoms with van der Waals surface area (Å²) in [5.74, 6) is 2.94. The molecule has 0 fully saturated rings. The molecular formula is C21H27NO5. The normalized spacial score (nSPS) is 11.4. The number of methoxy groups -OCH3 is 3. The fourth-order valence-electron chi connectivity index (χ4n) is 2.66. The molecule has 1 N–H and O–H groups in total. The van der Waals surface area contributed by atoms with Crippen LogP contribution >= 0.6 is 0 Å². The lowest BCUT2D eigenvalue weighted by Crippen LogP contribution is -2.27. The van der Waals surface area contributed by atoms with Crippen LogP contribution in [0.25, 0.3) is 0 Å². The van der Waals surface area contributed by atoms with E-state index in [0.717, 1.165) is 22.8 Å². The van der Waals surface area contributed by atoms with E-state index < -0.39 is 0 Å². The van der Waals surface area contributed by atoms with Crippen LogP contribution in [0.3, 0.4) is 0 Å². The van der Waals surface area contributed by atoms with Gasteiger partial charge in [0.2, 0.25) is 5.91 Å². The van der Waals surface area contributed by atoms with Gasteiger partial charge in [0.05, 0.1) is 34.0 Å². The Hall–Kier alpha value is -2.89. The molecule has 146 valence electrons. The minimum Gasteiger partial charge on any atom is -0.497 e. The Morgan fingerprint density at radius 3 is 2.19 bits per heavy atom. The van der Waals surface area contributed by atoms with Gasteiger partial charge in [-0.15, -0.1) is 0 Å². The van der Waals surface area contributed by atoms with Gasteiger partial charge < -0.3 is 24.3 Å². The zero-order valence-corrected chi connectivity index (χ0v) is 16.3. The van der Waals surface area contributed by atoms with Crippen LogP contribution in [0, 0.1) is 0 Å². The second-order valence-electron chi connectivity index (χ2n) is 6.02. The molecule has 6 heteroatoms. The van der Waals surface area contributed by atoms with Gasteiger partial charge in [-0.2, -0.15) is 0 Å². The molecule has 2 aromatic rings. The topological polar surface area (TPSA) is 66.0 Å². The first-order valence-electron chi connectivity index (χ1n) is 8.85. The van der Waals surface area contributed by atoms with Crippen molar-refractivity contribution in [3.8, 4) is 23.0 Å². The van der Waals surface area contributed by atoms with Crippen LogP contribution in [-0.4, -0.2) is 33.8 Å². The largest absolute Gasteiger partial charge is 0.497 e. The maximum atomic E-state index is 12.2. The van der Waals surface area contributed by atoms with Crippen molar-refractivity contribution in [2.24, 2.45) is 0 Å². The summed E-state index contributed by atoms with van der Waals surface area (Å²) in [4.78, 5) is 12.2. The van der Waals surface area contributed by atoms with E-state index in [1.165, 1.54) is 0 Å². The van der Waals surface area contributed by atoms with Crippen molar-refractivity contribution in [3.63, 3.8) is 0 Å². The van der Waals surface area contributed by atoms with Gasteiger partial charge >= 0.3 is 0 Å². The minimum atomic E-state index is -0.190. The molecule has 0 radical (unpaired) electrons. The van der Waals surface area contributed by atoms with E-state index in [1.54, 1.807) is 21.3 Å². The molecule has 6 nitrogen and oxygen atoms in total. The van der Waals surface area contributed by atoms with E-state index in [2.05, 4.69) is 5.32 Å². The Morgan fingerprint density at radius 1 is 0.926 bits per heavy atom. The predicted molar refractivity (Wildman–Crippen MR) is 104 cm³/mol. The smallest absolute Gasteiger partial charge is 0.220 e. The van der Waals surface area contributed by atoms with Crippen LogP contribution in [-0.2, 0) is 4.79 Å². The lowest BCUT2D eigenvalue weighted by atomic mass is 10.1. The molecule has 2 aromatic carbocycles. The van der Waals surface area contributed by atoms with Crippen LogP contribution in [0.2, 0.25) is 0 Å². The first kappa shape index (κ1) is 20.4. The number of nitrogens with one attached hydrogen (secondary N) is 1. The molecule has 2 rings (SSSR count). The zero-order chi connectivity index (χ0) is 19.6. The number of hydrogen-bond donors (Lipinski definition) is 1. The van der Waals surface area contributed by atoms with Crippen molar-refractivity contribution in [2.45, 2.75) is 25.8 Å². The van der Waals surface area contributed by atoms with Crippen LogP contribution in [0.1, 0.15) is 31.4 Å². The molecule has 0 spiro atoms. The molecule has 1 unspecified atom stereocenters. The molecule has 0 bridgehead atoms. The van der Waals surface area contributed by atoms with Crippen molar-refractivity contribution in [3.05, 3.63) is 48.0 Å². The number of rotatable bonds is 10. The predicted octanol–water partition coefficient (Wildman–Crippen LogP) is 3.75. The third-order valence-corrected chi connectivity index (χ3v) is 4.16. The highest BCUT2D eigenvalue weighted by Crippen LogP contribution is 2.29. The van der Waals surface area contributed by atoms with Crippen molar-refractivity contribution in [1.82, 2.24) is 5.32 Å². The number of amides is 1. The van der Waals surface area contributed by atoms with E-state index >= 15 is 0 Å². The average Bonchev–Trinajstić information content (AvgIpc) is 2.71. The SMILES string of the molecule is COc1ccc(OCCCC(=O)NC(C)c2cc(OC)ccc2OC)cc1. The van der Waals surface area contributed by atoms with Crippen molar-refractivity contribution in [1.29, 1.82) is 0 Å². The molecule has 0 aliphatic rings. The Kier molecular flexibility index (Phi) is 7.79. The van der Waals surface area contributed by atoms with Crippen molar-refractivity contribution in [2.75, 3.05) is 27.9 Å². The van der Waals surface area contributed by atoms with Gasteiger partial charge in [0.25, 0.3) is 0 Å². The molecule has 0 saturated carbocycles. The fourth-order valence-corrected chi connectivity index (χ4v) is 2.66. The Balaban J connectivity index is 1.79. The summed E-state index contributed by atoms with van der Waals surface area (Å²) >= 11 is 0. The maximum absolute atomic E-state index is 12.2.